The Morgan fingerprint density at radius 2 is 2.09 bits per heavy atom. The number of amides is 1. The second kappa shape index (κ2) is 10.2. The number of nitrogens with one attached hydrogen (secondary N) is 1. The number of likely N-dealkylation sites (tertiary alicyclic amines) is 1. The van der Waals surface area contributed by atoms with Crippen molar-refractivity contribution >= 4 is 11.6 Å². The molecule has 1 aliphatic carbocycles. The van der Waals surface area contributed by atoms with Crippen LogP contribution in [0.15, 0.2) is 47.5 Å². The first-order valence-electron chi connectivity index (χ1n) is 11.5. The number of H-pyrrole nitrogens is 1. The van der Waals surface area contributed by atoms with Gasteiger partial charge in [0.15, 0.2) is 0 Å². The van der Waals surface area contributed by atoms with Gasteiger partial charge in [-0.05, 0) is 57.0 Å². The molecule has 176 valence electrons. The maximum atomic E-state index is 12.9. The van der Waals surface area contributed by atoms with Crippen LogP contribution in [0, 0.1) is 5.92 Å². The maximum Gasteiger partial charge on any atom is 0.271 e. The summed E-state index contributed by atoms with van der Waals surface area (Å²) in [6, 6.07) is 5.84. The van der Waals surface area contributed by atoms with Crippen LogP contribution in [0.4, 0.5) is 5.69 Å². The Morgan fingerprint density at radius 1 is 1.27 bits per heavy atom. The summed E-state index contributed by atoms with van der Waals surface area (Å²) in [6.07, 6.45) is 10.2. The molecule has 1 aliphatic heterocycles. The van der Waals surface area contributed by atoms with E-state index in [1.807, 2.05) is 48.2 Å². The lowest BCUT2D eigenvalue weighted by Crippen LogP contribution is -2.42. The average Bonchev–Trinajstić information content (AvgIpc) is 3.50. The van der Waals surface area contributed by atoms with E-state index in [2.05, 4.69) is 14.9 Å². The van der Waals surface area contributed by atoms with Crippen molar-refractivity contribution in [2.24, 2.45) is 5.92 Å². The lowest BCUT2D eigenvalue weighted by Gasteiger charge is -2.31. The molecule has 8 heteroatoms. The third-order valence-electron chi connectivity index (χ3n) is 6.27. The number of carbonyl (C=O) groups excluding carboxylic acids is 1. The van der Waals surface area contributed by atoms with Gasteiger partial charge in [-0.3, -0.25) is 9.59 Å². The minimum absolute atomic E-state index is 0.0391. The molecule has 2 aromatic heterocycles. The predicted molar refractivity (Wildman–Crippen MR) is 130 cm³/mol. The Labute approximate surface area is 194 Å². The van der Waals surface area contributed by atoms with E-state index in [1.54, 1.807) is 25.6 Å². The molecule has 2 aliphatic rings. The van der Waals surface area contributed by atoms with Crippen molar-refractivity contribution in [3.8, 4) is 17.0 Å². The fourth-order valence-corrected chi connectivity index (χ4v) is 4.24. The first-order chi connectivity index (χ1) is 15.9. The van der Waals surface area contributed by atoms with Gasteiger partial charge in [-0.25, -0.2) is 4.98 Å². The number of rotatable bonds is 9. The van der Waals surface area contributed by atoms with E-state index in [0.29, 0.717) is 30.6 Å². The average molecular weight is 452 g/mol. The first-order valence-corrected chi connectivity index (χ1v) is 11.5. The molecule has 4 rings (SSSR count). The molecule has 1 amide bonds. The molecule has 8 nitrogen and oxygen atoms in total. The Bertz CT molecular complexity index is 1060. The molecule has 0 bridgehead atoms. The molecular formula is C25H33N5O3. The van der Waals surface area contributed by atoms with Gasteiger partial charge in [0.25, 0.3) is 5.56 Å². The molecule has 0 aromatic carbocycles. The number of anilines is 1. The van der Waals surface area contributed by atoms with E-state index in [0.717, 1.165) is 30.6 Å². The summed E-state index contributed by atoms with van der Waals surface area (Å²) in [7, 11) is 5.54. The quantitative estimate of drug-likeness (QED) is 0.590. The number of hydrogen-bond acceptors (Lipinski definition) is 6. The van der Waals surface area contributed by atoms with Crippen molar-refractivity contribution in [3.05, 3.63) is 53.1 Å². The van der Waals surface area contributed by atoms with Gasteiger partial charge in [0.05, 0.1) is 7.11 Å². The topological polar surface area (TPSA) is 81.8 Å². The van der Waals surface area contributed by atoms with Crippen molar-refractivity contribution in [1.82, 2.24) is 19.8 Å². The Kier molecular flexibility index (Phi) is 7.13. The summed E-state index contributed by atoms with van der Waals surface area (Å²) >= 11 is 0. The highest BCUT2D eigenvalue weighted by Crippen LogP contribution is 2.34. The predicted octanol–water partition coefficient (Wildman–Crippen LogP) is 2.38. The second-order valence-corrected chi connectivity index (χ2v) is 9.18. The zero-order valence-electron chi connectivity index (χ0n) is 19.7. The third kappa shape index (κ3) is 5.82. The molecule has 2 aromatic rings. The Hall–Kier alpha value is -3.13. The number of methoxy groups -OCH3 is 1. The van der Waals surface area contributed by atoms with E-state index in [4.69, 9.17) is 4.74 Å². The summed E-state index contributed by atoms with van der Waals surface area (Å²) < 4.78 is 5.26. The van der Waals surface area contributed by atoms with Crippen LogP contribution >= 0.6 is 0 Å². The Balaban J connectivity index is 1.56. The lowest BCUT2D eigenvalue weighted by atomic mass is 10.1. The summed E-state index contributed by atoms with van der Waals surface area (Å²) in [5.41, 5.74) is 2.40. The normalized spacial score (nSPS) is 18.3. The van der Waals surface area contributed by atoms with Crippen LogP contribution in [0.1, 0.15) is 19.3 Å². The van der Waals surface area contributed by atoms with Gasteiger partial charge in [-0.15, -0.1) is 0 Å². The molecule has 33 heavy (non-hydrogen) atoms. The van der Waals surface area contributed by atoms with E-state index >= 15 is 0 Å². The zero-order valence-corrected chi connectivity index (χ0v) is 19.7. The minimum atomic E-state index is -0.101. The molecule has 2 fully saturated rings. The van der Waals surface area contributed by atoms with Gasteiger partial charge in [-0.1, -0.05) is 6.08 Å². The van der Waals surface area contributed by atoms with E-state index in [1.165, 1.54) is 12.8 Å². The van der Waals surface area contributed by atoms with E-state index < -0.39 is 0 Å². The first kappa shape index (κ1) is 23.0. The molecule has 0 unspecified atom stereocenters. The Morgan fingerprint density at radius 3 is 2.82 bits per heavy atom. The number of nitrogens with zero attached hydrogens (tertiary/aromatic N) is 4. The zero-order chi connectivity index (χ0) is 23.4. The monoisotopic (exact) mass is 451 g/mol. The van der Waals surface area contributed by atoms with Crippen LogP contribution < -0.4 is 15.2 Å². The number of aromatic nitrogens is 2. The van der Waals surface area contributed by atoms with Crippen LogP contribution in [0.5, 0.6) is 5.88 Å². The van der Waals surface area contributed by atoms with Crippen molar-refractivity contribution in [3.63, 3.8) is 0 Å². The van der Waals surface area contributed by atoms with Gasteiger partial charge in [-0.2, -0.15) is 0 Å². The molecule has 1 saturated heterocycles. The molecular weight excluding hydrogens is 418 g/mol. The van der Waals surface area contributed by atoms with Gasteiger partial charge in [0.1, 0.15) is 5.69 Å². The molecule has 1 atom stereocenters. The maximum absolute atomic E-state index is 12.9. The number of carbonyl (C=O) groups is 1. The third-order valence-corrected chi connectivity index (χ3v) is 6.27. The molecule has 1 saturated carbocycles. The van der Waals surface area contributed by atoms with Gasteiger partial charge in [0.2, 0.25) is 11.8 Å². The fraction of sp³-hybridized carbons (Fsp3) is 0.480. The summed E-state index contributed by atoms with van der Waals surface area (Å²) in [5, 5.41) is 0. The number of pyridine rings is 2. The molecule has 0 spiro atoms. The van der Waals surface area contributed by atoms with Crippen LogP contribution in [0.25, 0.3) is 11.1 Å². The van der Waals surface area contributed by atoms with Crippen LogP contribution in [0.3, 0.4) is 0 Å². The highest BCUT2D eigenvalue weighted by atomic mass is 16.5. The molecule has 3 heterocycles. The van der Waals surface area contributed by atoms with E-state index in [-0.39, 0.29) is 17.5 Å². The SMILES string of the molecule is COc1cc(-c2c[nH]c(=O)c(N(CC3CC3)[C@@H]3CCN(C(=O)C=CCN(C)C)C3)c2)ccn1. The van der Waals surface area contributed by atoms with Gasteiger partial charge < -0.3 is 24.4 Å². The lowest BCUT2D eigenvalue weighted by molar-refractivity contribution is -0.125. The standard InChI is InChI=1S/C25H33N5O3/c1-28(2)11-4-5-24(31)29-12-9-21(17-29)30(16-18-6-7-18)22-13-20(15-27-25(22)32)19-8-10-26-23(14-19)33-3/h4-5,8,10,13-15,18,21H,6-7,9,11-12,16-17H2,1-3H3,(H,27,32)/t21-/m1/s1. The molecule has 0 radical (unpaired) electrons. The van der Waals surface area contributed by atoms with Gasteiger partial charge >= 0.3 is 0 Å². The second-order valence-electron chi connectivity index (χ2n) is 9.18. The van der Waals surface area contributed by atoms with E-state index in [9.17, 15) is 9.59 Å². The van der Waals surface area contributed by atoms with Crippen LogP contribution in [0.2, 0.25) is 0 Å². The van der Waals surface area contributed by atoms with Crippen molar-refractivity contribution in [1.29, 1.82) is 0 Å². The number of ether oxygens (including phenoxy) is 1. The summed E-state index contributed by atoms with van der Waals surface area (Å²) in [6.45, 7) is 2.91. The van der Waals surface area contributed by atoms with Crippen molar-refractivity contribution in [2.75, 3.05) is 52.3 Å². The smallest absolute Gasteiger partial charge is 0.271 e. The summed E-state index contributed by atoms with van der Waals surface area (Å²) in [4.78, 5) is 38.8. The van der Waals surface area contributed by atoms with Crippen LogP contribution in [-0.4, -0.2) is 79.1 Å². The number of aromatic amines is 1. The van der Waals surface area contributed by atoms with Crippen molar-refractivity contribution in [2.45, 2.75) is 25.3 Å². The highest BCUT2D eigenvalue weighted by molar-refractivity contribution is 5.88. The fourth-order valence-electron chi connectivity index (χ4n) is 4.24. The largest absolute Gasteiger partial charge is 0.481 e. The number of likely N-dealkylation sites (N-methyl/N-ethyl adjacent to an activating group) is 1. The molecule has 1 N–H and O–H groups in total. The highest BCUT2D eigenvalue weighted by Gasteiger charge is 2.34. The van der Waals surface area contributed by atoms with Gasteiger partial charge in [0, 0.05) is 62.3 Å². The minimum Gasteiger partial charge on any atom is -0.481 e. The number of hydrogen-bond donors (Lipinski definition) is 1. The van der Waals surface area contributed by atoms with Crippen LogP contribution in [-0.2, 0) is 4.79 Å². The van der Waals surface area contributed by atoms with Crippen molar-refractivity contribution < 1.29 is 9.53 Å². The summed E-state index contributed by atoms with van der Waals surface area (Å²) in [5.74, 6) is 1.18.